The Kier molecular flexibility index (Phi) is 8.68. The van der Waals surface area contributed by atoms with Gasteiger partial charge < -0.3 is 19.5 Å². The molecule has 0 saturated carbocycles. The molecule has 0 heterocycles. The van der Waals surface area contributed by atoms with Gasteiger partial charge in [-0.25, -0.2) is 0 Å². The number of aliphatic carboxylic acids is 1. The minimum Gasteiger partial charge on any atom is -0.549 e. The van der Waals surface area contributed by atoms with E-state index in [-0.39, 0.29) is 0 Å². The number of carboxylic acid groups (broad SMARTS) is 1. The topological polar surface area (TPSA) is 60.4 Å². The smallest absolute Gasteiger partial charge is 0.114 e. The lowest BCUT2D eigenvalue weighted by Crippen LogP contribution is -2.47. The van der Waals surface area contributed by atoms with Crippen molar-refractivity contribution in [2.24, 2.45) is 5.92 Å². The van der Waals surface area contributed by atoms with Gasteiger partial charge in [-0.15, -0.1) is 0 Å². The molecule has 0 aromatic rings. The average molecular weight is 271 g/mol. The first-order chi connectivity index (χ1) is 8.78. The second-order valence-electron chi connectivity index (χ2n) is 6.16. The van der Waals surface area contributed by atoms with E-state index in [0.29, 0.717) is 11.0 Å². The molecule has 2 atom stereocenters. The van der Waals surface area contributed by atoms with Crippen LogP contribution in [0.3, 0.4) is 0 Å². The zero-order chi connectivity index (χ0) is 14.9. The third kappa shape index (κ3) is 9.68. The number of rotatable bonds is 10. The van der Waals surface area contributed by atoms with Crippen molar-refractivity contribution < 1.29 is 19.5 Å². The molecule has 0 radical (unpaired) electrons. The lowest BCUT2D eigenvalue weighted by Gasteiger charge is -2.30. The average Bonchev–Trinajstić information content (AvgIpc) is 2.24. The summed E-state index contributed by atoms with van der Waals surface area (Å²) in [7, 11) is 5.76. The number of allylic oxidation sites excluding steroid dienone is 1. The molecule has 0 saturated heterocycles. The Labute approximate surface area is 117 Å². The second kappa shape index (κ2) is 9.10. The Morgan fingerprint density at radius 2 is 1.89 bits per heavy atom. The molecule has 19 heavy (non-hydrogen) atoms. The van der Waals surface area contributed by atoms with Crippen LogP contribution < -0.4 is 5.11 Å². The highest BCUT2D eigenvalue weighted by molar-refractivity contribution is 5.70. The van der Waals surface area contributed by atoms with E-state index in [1.807, 2.05) is 27.2 Å². The summed E-state index contributed by atoms with van der Waals surface area (Å²) in [5.41, 5.74) is 0. The van der Waals surface area contributed by atoms with Crippen LogP contribution in [0.4, 0.5) is 0 Å². The van der Waals surface area contributed by atoms with Gasteiger partial charge in [0, 0.05) is 5.92 Å². The number of nitrogens with zero attached hydrogens (tertiary/aromatic N) is 1. The number of quaternary nitrogens is 1. The maximum atomic E-state index is 11.1. The quantitative estimate of drug-likeness (QED) is 0.365. The van der Waals surface area contributed by atoms with Gasteiger partial charge in [0.2, 0.25) is 0 Å². The van der Waals surface area contributed by atoms with Gasteiger partial charge in [0.15, 0.2) is 0 Å². The van der Waals surface area contributed by atoms with Crippen molar-refractivity contribution in [3.05, 3.63) is 12.2 Å². The van der Waals surface area contributed by atoms with E-state index in [2.05, 4.69) is 6.92 Å². The van der Waals surface area contributed by atoms with E-state index in [4.69, 9.17) is 0 Å². The monoisotopic (exact) mass is 271 g/mol. The summed E-state index contributed by atoms with van der Waals surface area (Å²) >= 11 is 0. The third-order valence-corrected chi connectivity index (χ3v) is 2.99. The van der Waals surface area contributed by atoms with Crippen LogP contribution >= 0.6 is 0 Å². The number of carbonyl (C=O) groups is 1. The van der Waals surface area contributed by atoms with Crippen LogP contribution in [0.5, 0.6) is 0 Å². The number of carbonyl (C=O) groups excluding carboxylic acids is 1. The Morgan fingerprint density at radius 1 is 1.26 bits per heavy atom. The number of aliphatic hydroxyl groups excluding tert-OH is 1. The summed E-state index contributed by atoms with van der Waals surface area (Å²) in [6.45, 7) is 2.54. The standard InChI is InChI=1S/C15H29NO3/c1-5-6-7-8-9-10-11-13(15(18)19)14(17)12-16(2,3)4/h10-11,13-14,17H,5-9,12H2,1-4H3. The minimum absolute atomic E-state index is 0.388. The molecule has 4 nitrogen and oxygen atoms in total. The molecular formula is C15H29NO3. The fourth-order valence-corrected chi connectivity index (χ4v) is 1.97. The van der Waals surface area contributed by atoms with E-state index in [1.54, 1.807) is 6.08 Å². The summed E-state index contributed by atoms with van der Waals surface area (Å²) < 4.78 is 0.523. The lowest BCUT2D eigenvalue weighted by atomic mass is 10.00. The number of hydrogen-bond acceptors (Lipinski definition) is 3. The largest absolute Gasteiger partial charge is 0.549 e. The van der Waals surface area contributed by atoms with Crippen LogP contribution in [-0.4, -0.2) is 49.4 Å². The normalized spacial score (nSPS) is 15.6. The fraction of sp³-hybridized carbons (Fsp3) is 0.800. The zero-order valence-corrected chi connectivity index (χ0v) is 12.8. The first-order valence-corrected chi connectivity index (χ1v) is 7.14. The molecule has 0 fully saturated rings. The van der Waals surface area contributed by atoms with Crippen molar-refractivity contribution in [2.45, 2.75) is 45.1 Å². The predicted molar refractivity (Wildman–Crippen MR) is 75.3 cm³/mol. The van der Waals surface area contributed by atoms with Crippen LogP contribution in [0.1, 0.15) is 39.0 Å². The molecule has 0 aliphatic heterocycles. The zero-order valence-electron chi connectivity index (χ0n) is 12.8. The molecule has 0 aliphatic carbocycles. The molecule has 0 amide bonds. The summed E-state index contributed by atoms with van der Waals surface area (Å²) in [6.07, 6.45) is 8.03. The fourth-order valence-electron chi connectivity index (χ4n) is 1.97. The highest BCUT2D eigenvalue weighted by atomic mass is 16.4. The van der Waals surface area contributed by atoms with Crippen molar-refractivity contribution in [2.75, 3.05) is 27.7 Å². The van der Waals surface area contributed by atoms with Crippen LogP contribution in [0.25, 0.3) is 0 Å². The molecule has 0 aliphatic rings. The SMILES string of the molecule is CCCCCCC=CC(C(=O)[O-])C(O)C[N+](C)(C)C. The number of unbranched alkanes of at least 4 members (excludes halogenated alkanes) is 4. The van der Waals surface area contributed by atoms with Gasteiger partial charge >= 0.3 is 0 Å². The first-order valence-electron chi connectivity index (χ1n) is 7.14. The van der Waals surface area contributed by atoms with Gasteiger partial charge in [-0.1, -0.05) is 38.3 Å². The van der Waals surface area contributed by atoms with E-state index in [9.17, 15) is 15.0 Å². The van der Waals surface area contributed by atoms with E-state index >= 15 is 0 Å². The van der Waals surface area contributed by atoms with E-state index in [0.717, 1.165) is 19.3 Å². The van der Waals surface area contributed by atoms with E-state index in [1.165, 1.54) is 12.8 Å². The molecule has 0 aromatic heterocycles. The molecule has 0 aromatic carbocycles. The molecular weight excluding hydrogens is 242 g/mol. The number of carboxylic acids is 1. The molecule has 0 bridgehead atoms. The third-order valence-electron chi connectivity index (χ3n) is 2.99. The summed E-state index contributed by atoms with van der Waals surface area (Å²) in [5.74, 6) is -2.12. The predicted octanol–water partition coefficient (Wildman–Crippen LogP) is 0.946. The lowest BCUT2D eigenvalue weighted by molar-refractivity contribution is -0.873. The van der Waals surface area contributed by atoms with Crippen molar-refractivity contribution in [1.29, 1.82) is 0 Å². The van der Waals surface area contributed by atoms with Crippen LogP contribution in [0.2, 0.25) is 0 Å². The summed E-state index contributed by atoms with van der Waals surface area (Å²) in [5, 5.41) is 21.0. The number of aliphatic hydroxyl groups is 1. The van der Waals surface area contributed by atoms with Crippen molar-refractivity contribution in [1.82, 2.24) is 0 Å². The van der Waals surface area contributed by atoms with Crippen molar-refractivity contribution in [3.63, 3.8) is 0 Å². The van der Waals surface area contributed by atoms with Gasteiger partial charge in [0.05, 0.1) is 27.1 Å². The van der Waals surface area contributed by atoms with Crippen molar-refractivity contribution in [3.8, 4) is 0 Å². The molecule has 0 spiro atoms. The Bertz CT molecular complexity index is 282. The van der Waals surface area contributed by atoms with Gasteiger partial charge in [-0.2, -0.15) is 0 Å². The summed E-state index contributed by atoms with van der Waals surface area (Å²) in [6, 6.07) is 0. The maximum Gasteiger partial charge on any atom is 0.114 e. The molecule has 0 rings (SSSR count). The number of likely N-dealkylation sites (N-methyl/N-ethyl adjacent to an activating group) is 1. The first kappa shape index (κ1) is 18.1. The second-order valence-corrected chi connectivity index (χ2v) is 6.16. The minimum atomic E-state index is -1.20. The van der Waals surface area contributed by atoms with Crippen LogP contribution in [0.15, 0.2) is 12.2 Å². The van der Waals surface area contributed by atoms with Crippen molar-refractivity contribution >= 4 is 5.97 Å². The van der Waals surface area contributed by atoms with Crippen LogP contribution in [0, 0.1) is 5.92 Å². The highest BCUT2D eigenvalue weighted by Crippen LogP contribution is 2.11. The molecule has 112 valence electrons. The number of hydrogen-bond donors (Lipinski definition) is 1. The highest BCUT2D eigenvalue weighted by Gasteiger charge is 2.23. The molecule has 2 unspecified atom stereocenters. The molecule has 1 N–H and O–H groups in total. The summed E-state index contributed by atoms with van der Waals surface area (Å²) in [4.78, 5) is 11.1. The Balaban J connectivity index is 4.25. The maximum absolute atomic E-state index is 11.1. The Morgan fingerprint density at radius 3 is 2.37 bits per heavy atom. The van der Waals surface area contributed by atoms with E-state index < -0.39 is 18.0 Å². The molecule has 4 heteroatoms. The Hall–Kier alpha value is -0.870. The van der Waals surface area contributed by atoms with Gasteiger partial charge in [0.1, 0.15) is 12.6 Å². The van der Waals surface area contributed by atoms with Gasteiger partial charge in [0.25, 0.3) is 0 Å². The van der Waals surface area contributed by atoms with Gasteiger partial charge in [-0.3, -0.25) is 0 Å². The van der Waals surface area contributed by atoms with Gasteiger partial charge in [-0.05, 0) is 12.8 Å². The van der Waals surface area contributed by atoms with Crippen LogP contribution in [-0.2, 0) is 4.79 Å².